The minimum absolute atomic E-state index is 0.0846. The first-order chi connectivity index (χ1) is 10.5. The molecule has 1 amide bonds. The van der Waals surface area contributed by atoms with Crippen LogP contribution in [0.4, 0.5) is 0 Å². The van der Waals surface area contributed by atoms with Crippen LogP contribution in [-0.2, 0) is 4.79 Å². The lowest BCUT2D eigenvalue weighted by atomic mass is 10.1. The van der Waals surface area contributed by atoms with Gasteiger partial charge in [-0.15, -0.1) is 0 Å². The number of halogens is 2. The number of hydrogen-bond donors (Lipinski definition) is 1. The second-order valence-corrected chi connectivity index (χ2v) is 6.31. The number of amides is 1. The van der Waals surface area contributed by atoms with Crippen LogP contribution in [0.25, 0.3) is 0 Å². The summed E-state index contributed by atoms with van der Waals surface area (Å²) in [5.74, 6) is 0.325. The van der Waals surface area contributed by atoms with E-state index in [1.54, 1.807) is 12.1 Å². The molecule has 0 saturated heterocycles. The van der Waals surface area contributed by atoms with E-state index >= 15 is 0 Å². The molecule has 0 radical (unpaired) electrons. The number of rotatable bonds is 5. The van der Waals surface area contributed by atoms with E-state index in [4.69, 9.17) is 4.74 Å². The number of benzene rings is 2. The molecule has 0 fully saturated rings. The smallest absolute Gasteiger partial charge is 0.277 e. The van der Waals surface area contributed by atoms with Gasteiger partial charge in [0, 0.05) is 8.95 Å². The van der Waals surface area contributed by atoms with Crippen molar-refractivity contribution in [1.29, 1.82) is 0 Å². The Kier molecular flexibility index (Phi) is 6.15. The van der Waals surface area contributed by atoms with Crippen molar-refractivity contribution in [3.8, 4) is 5.75 Å². The van der Waals surface area contributed by atoms with Crippen LogP contribution in [0.15, 0.2) is 62.6 Å². The van der Waals surface area contributed by atoms with Crippen molar-refractivity contribution in [2.45, 2.75) is 6.92 Å². The molecule has 114 valence electrons. The van der Waals surface area contributed by atoms with Crippen molar-refractivity contribution in [3.63, 3.8) is 0 Å². The standard InChI is InChI=1S/C16H14Br2N2O2/c1-11(12-2-4-13(17)5-3-12)19-20-16(21)10-22-15-8-6-14(18)7-9-15/h2-9H,10H2,1H3,(H,20,21)/b19-11+. The van der Waals surface area contributed by atoms with Crippen molar-refractivity contribution in [3.05, 3.63) is 63.0 Å². The molecule has 0 aliphatic carbocycles. The zero-order valence-corrected chi connectivity index (χ0v) is 15.0. The van der Waals surface area contributed by atoms with E-state index in [-0.39, 0.29) is 12.5 Å². The Bertz CT molecular complexity index is 668. The number of hydrogen-bond acceptors (Lipinski definition) is 3. The SMILES string of the molecule is C/C(=N\NC(=O)COc1ccc(Br)cc1)c1ccc(Br)cc1. The molecule has 0 heterocycles. The van der Waals surface area contributed by atoms with Gasteiger partial charge in [0.25, 0.3) is 5.91 Å². The van der Waals surface area contributed by atoms with Crippen molar-refractivity contribution >= 4 is 43.5 Å². The van der Waals surface area contributed by atoms with Gasteiger partial charge in [0.05, 0.1) is 5.71 Å². The van der Waals surface area contributed by atoms with Crippen LogP contribution in [-0.4, -0.2) is 18.2 Å². The Morgan fingerprint density at radius 2 is 1.59 bits per heavy atom. The Balaban J connectivity index is 1.85. The summed E-state index contributed by atoms with van der Waals surface area (Å²) in [5, 5.41) is 4.06. The maximum absolute atomic E-state index is 11.7. The first kappa shape index (κ1) is 16.7. The monoisotopic (exact) mass is 424 g/mol. The number of nitrogens with one attached hydrogen (secondary N) is 1. The molecule has 22 heavy (non-hydrogen) atoms. The van der Waals surface area contributed by atoms with Gasteiger partial charge in [-0.3, -0.25) is 4.79 Å². The average molecular weight is 426 g/mol. The minimum atomic E-state index is -0.306. The molecule has 0 bridgehead atoms. The molecule has 0 spiro atoms. The predicted octanol–water partition coefficient (Wildman–Crippen LogP) is 4.13. The van der Waals surface area contributed by atoms with Gasteiger partial charge >= 0.3 is 0 Å². The molecule has 4 nitrogen and oxygen atoms in total. The number of ether oxygens (including phenoxy) is 1. The van der Waals surface area contributed by atoms with Crippen molar-refractivity contribution in [1.82, 2.24) is 5.43 Å². The van der Waals surface area contributed by atoms with Gasteiger partial charge in [-0.2, -0.15) is 5.10 Å². The fourth-order valence-electron chi connectivity index (χ4n) is 1.61. The molecule has 2 aromatic carbocycles. The summed E-state index contributed by atoms with van der Waals surface area (Å²) in [6.07, 6.45) is 0. The molecule has 2 aromatic rings. The van der Waals surface area contributed by atoms with E-state index in [1.165, 1.54) is 0 Å². The average Bonchev–Trinajstić information content (AvgIpc) is 2.52. The van der Waals surface area contributed by atoms with Crippen LogP contribution in [0.5, 0.6) is 5.75 Å². The van der Waals surface area contributed by atoms with Crippen LogP contribution in [0.3, 0.4) is 0 Å². The molecule has 0 saturated carbocycles. The fourth-order valence-corrected chi connectivity index (χ4v) is 2.14. The number of nitrogens with zero attached hydrogens (tertiary/aromatic N) is 1. The molecule has 6 heteroatoms. The van der Waals surface area contributed by atoms with E-state index in [9.17, 15) is 4.79 Å². The first-order valence-corrected chi connectivity index (χ1v) is 8.10. The summed E-state index contributed by atoms with van der Waals surface area (Å²) in [6.45, 7) is 1.75. The van der Waals surface area contributed by atoms with E-state index in [0.717, 1.165) is 20.2 Å². The summed E-state index contributed by atoms with van der Waals surface area (Å²) in [6, 6.07) is 15.0. The second kappa shape index (κ2) is 8.10. The van der Waals surface area contributed by atoms with E-state index < -0.39 is 0 Å². The Labute approximate surface area is 145 Å². The molecule has 0 atom stereocenters. The lowest BCUT2D eigenvalue weighted by molar-refractivity contribution is -0.123. The molecule has 0 unspecified atom stereocenters. The van der Waals surface area contributed by atoms with Crippen molar-refractivity contribution in [2.75, 3.05) is 6.61 Å². The highest BCUT2D eigenvalue weighted by Crippen LogP contribution is 2.15. The van der Waals surface area contributed by atoms with Crippen molar-refractivity contribution < 1.29 is 9.53 Å². The minimum Gasteiger partial charge on any atom is -0.484 e. The molecular formula is C16H14Br2N2O2. The second-order valence-electron chi connectivity index (χ2n) is 4.48. The third-order valence-corrected chi connectivity index (χ3v) is 3.85. The third kappa shape index (κ3) is 5.27. The fraction of sp³-hybridized carbons (Fsp3) is 0.125. The molecule has 2 rings (SSSR count). The third-order valence-electron chi connectivity index (χ3n) is 2.79. The highest BCUT2D eigenvalue weighted by atomic mass is 79.9. The van der Waals surface area contributed by atoms with E-state index in [2.05, 4.69) is 42.4 Å². The Hall–Kier alpha value is -1.66. The van der Waals surface area contributed by atoms with Gasteiger partial charge in [-0.05, 0) is 48.9 Å². The van der Waals surface area contributed by atoms with Gasteiger partial charge in [-0.1, -0.05) is 44.0 Å². The summed E-state index contributed by atoms with van der Waals surface area (Å²) in [5.41, 5.74) is 4.15. The summed E-state index contributed by atoms with van der Waals surface area (Å²) in [4.78, 5) is 11.7. The molecular weight excluding hydrogens is 412 g/mol. The highest BCUT2D eigenvalue weighted by molar-refractivity contribution is 9.10. The summed E-state index contributed by atoms with van der Waals surface area (Å²) >= 11 is 6.71. The highest BCUT2D eigenvalue weighted by Gasteiger charge is 2.03. The molecule has 0 aliphatic heterocycles. The molecule has 0 aliphatic rings. The van der Waals surface area contributed by atoms with Gasteiger partial charge in [0.2, 0.25) is 0 Å². The van der Waals surface area contributed by atoms with Gasteiger partial charge in [0.15, 0.2) is 6.61 Å². The van der Waals surface area contributed by atoms with Gasteiger partial charge in [0.1, 0.15) is 5.75 Å². The van der Waals surface area contributed by atoms with E-state index in [0.29, 0.717) is 5.75 Å². The lowest BCUT2D eigenvalue weighted by Gasteiger charge is -2.06. The molecule has 1 N–H and O–H groups in total. The maximum Gasteiger partial charge on any atom is 0.277 e. The number of hydrazone groups is 1. The summed E-state index contributed by atoms with van der Waals surface area (Å²) < 4.78 is 7.32. The maximum atomic E-state index is 11.7. The largest absolute Gasteiger partial charge is 0.484 e. The van der Waals surface area contributed by atoms with Gasteiger partial charge in [-0.25, -0.2) is 5.43 Å². The number of carbonyl (C=O) groups excluding carboxylic acids is 1. The lowest BCUT2D eigenvalue weighted by Crippen LogP contribution is -2.25. The van der Waals surface area contributed by atoms with Crippen LogP contribution in [0.2, 0.25) is 0 Å². The predicted molar refractivity (Wildman–Crippen MR) is 94.1 cm³/mol. The zero-order chi connectivity index (χ0) is 15.9. The number of carbonyl (C=O) groups is 1. The van der Waals surface area contributed by atoms with Crippen molar-refractivity contribution in [2.24, 2.45) is 5.10 Å². The zero-order valence-electron chi connectivity index (χ0n) is 11.8. The first-order valence-electron chi connectivity index (χ1n) is 6.52. The molecule has 0 aromatic heterocycles. The van der Waals surface area contributed by atoms with E-state index in [1.807, 2.05) is 43.3 Å². The topological polar surface area (TPSA) is 50.7 Å². The van der Waals surface area contributed by atoms with Gasteiger partial charge < -0.3 is 4.74 Å². The van der Waals surface area contributed by atoms with Crippen LogP contribution < -0.4 is 10.2 Å². The summed E-state index contributed by atoms with van der Waals surface area (Å²) in [7, 11) is 0. The van der Waals surface area contributed by atoms with Crippen LogP contribution in [0.1, 0.15) is 12.5 Å². The normalized spacial score (nSPS) is 11.1. The quantitative estimate of drug-likeness (QED) is 0.578. The van der Waals surface area contributed by atoms with Crippen LogP contribution in [0, 0.1) is 0 Å². The van der Waals surface area contributed by atoms with Crippen LogP contribution >= 0.6 is 31.9 Å². The Morgan fingerprint density at radius 1 is 1.05 bits per heavy atom. The Morgan fingerprint density at radius 3 is 2.18 bits per heavy atom.